The van der Waals surface area contributed by atoms with Crippen molar-refractivity contribution in [2.24, 2.45) is 16.8 Å². The highest BCUT2D eigenvalue weighted by molar-refractivity contribution is 5.84. The normalized spacial score (nSPS) is 25.1. The van der Waals surface area contributed by atoms with E-state index in [9.17, 15) is 18.0 Å². The van der Waals surface area contributed by atoms with Gasteiger partial charge in [0, 0.05) is 26.7 Å². The highest BCUT2D eigenvalue weighted by atomic mass is 19.4. The molecule has 1 amide bonds. The van der Waals surface area contributed by atoms with Crippen LogP contribution in [-0.4, -0.2) is 56.2 Å². The van der Waals surface area contributed by atoms with Crippen LogP contribution < -0.4 is 10.6 Å². The molecule has 2 rings (SSSR count). The molecular formula is C19H33F3N4O. The fourth-order valence-electron chi connectivity index (χ4n) is 3.88. The number of amides is 1. The Bertz CT molecular complexity index is 502. The number of halogens is 3. The third-order valence-corrected chi connectivity index (χ3v) is 5.63. The molecule has 2 aliphatic rings. The lowest BCUT2D eigenvalue weighted by atomic mass is 9.85. The molecule has 2 saturated carbocycles. The minimum Gasteiger partial charge on any atom is -0.356 e. The highest BCUT2D eigenvalue weighted by Gasteiger charge is 2.42. The fourth-order valence-corrected chi connectivity index (χ4v) is 3.88. The van der Waals surface area contributed by atoms with Gasteiger partial charge in [-0.15, -0.1) is 0 Å². The zero-order chi connectivity index (χ0) is 19.9. The highest BCUT2D eigenvalue weighted by Crippen LogP contribution is 2.37. The average molecular weight is 390 g/mol. The van der Waals surface area contributed by atoms with E-state index in [0.29, 0.717) is 24.7 Å². The van der Waals surface area contributed by atoms with Gasteiger partial charge in [0.05, 0.1) is 5.92 Å². The number of aliphatic imine (C=N–C) groups is 1. The number of likely N-dealkylation sites (N-methyl/N-ethyl adjacent to an activating group) is 1. The van der Waals surface area contributed by atoms with Gasteiger partial charge in [-0.2, -0.15) is 13.2 Å². The summed E-state index contributed by atoms with van der Waals surface area (Å²) in [5, 5.41) is 6.43. The molecule has 5 nitrogen and oxygen atoms in total. The molecule has 2 fully saturated rings. The molecule has 0 saturated heterocycles. The molecule has 2 atom stereocenters. The topological polar surface area (TPSA) is 56.7 Å². The van der Waals surface area contributed by atoms with E-state index in [4.69, 9.17) is 0 Å². The monoisotopic (exact) mass is 390 g/mol. The van der Waals surface area contributed by atoms with E-state index < -0.39 is 12.1 Å². The Morgan fingerprint density at radius 3 is 2.41 bits per heavy atom. The van der Waals surface area contributed by atoms with Crippen LogP contribution in [0, 0.1) is 11.8 Å². The molecule has 0 spiro atoms. The minimum absolute atomic E-state index is 0.0115. The van der Waals surface area contributed by atoms with Crippen LogP contribution in [0.2, 0.25) is 0 Å². The van der Waals surface area contributed by atoms with Crippen molar-refractivity contribution in [1.29, 1.82) is 0 Å². The molecule has 0 radical (unpaired) electrons. The van der Waals surface area contributed by atoms with Gasteiger partial charge in [0.15, 0.2) is 5.96 Å². The summed E-state index contributed by atoms with van der Waals surface area (Å²) in [4.78, 5) is 17.6. The summed E-state index contributed by atoms with van der Waals surface area (Å²) < 4.78 is 39.2. The van der Waals surface area contributed by atoms with Gasteiger partial charge >= 0.3 is 6.18 Å². The number of carbonyl (C=O) groups excluding carboxylic acids is 1. The summed E-state index contributed by atoms with van der Waals surface area (Å²) in [6.07, 6.45) is 3.40. The quantitative estimate of drug-likeness (QED) is 0.559. The van der Waals surface area contributed by atoms with E-state index in [1.807, 2.05) is 0 Å². The second-order valence-electron chi connectivity index (χ2n) is 8.08. The molecule has 2 aliphatic carbocycles. The second-order valence-corrected chi connectivity index (χ2v) is 8.08. The van der Waals surface area contributed by atoms with Gasteiger partial charge in [0.25, 0.3) is 0 Å². The van der Waals surface area contributed by atoms with Crippen molar-refractivity contribution in [2.75, 3.05) is 27.2 Å². The number of nitrogens with zero attached hydrogens (tertiary/aromatic N) is 2. The molecular weight excluding hydrogens is 357 g/mol. The Kier molecular flexibility index (Phi) is 8.23. The largest absolute Gasteiger partial charge is 0.391 e. The number of hydrogen-bond acceptors (Lipinski definition) is 2. The number of rotatable bonds is 5. The Balaban J connectivity index is 1.95. The van der Waals surface area contributed by atoms with E-state index in [2.05, 4.69) is 15.6 Å². The molecule has 0 bridgehead atoms. The third-order valence-electron chi connectivity index (χ3n) is 5.63. The molecule has 0 aromatic carbocycles. The molecule has 0 heterocycles. The summed E-state index contributed by atoms with van der Waals surface area (Å²) in [5.74, 6) is -0.370. The van der Waals surface area contributed by atoms with Gasteiger partial charge in [-0.3, -0.25) is 4.79 Å². The van der Waals surface area contributed by atoms with Crippen LogP contribution >= 0.6 is 0 Å². The van der Waals surface area contributed by atoms with Gasteiger partial charge in [0.2, 0.25) is 5.91 Å². The van der Waals surface area contributed by atoms with Gasteiger partial charge < -0.3 is 15.5 Å². The fraction of sp³-hybridized carbons (Fsp3) is 0.895. The summed E-state index contributed by atoms with van der Waals surface area (Å²) in [6.45, 7) is 0.736. The Hall–Kier alpha value is -1.47. The van der Waals surface area contributed by atoms with E-state index in [0.717, 1.165) is 19.4 Å². The molecule has 2 unspecified atom stereocenters. The van der Waals surface area contributed by atoms with Gasteiger partial charge in [0.1, 0.15) is 6.54 Å². The summed E-state index contributed by atoms with van der Waals surface area (Å²) in [7, 11) is 3.32. The van der Waals surface area contributed by atoms with Crippen molar-refractivity contribution in [2.45, 2.75) is 70.0 Å². The molecule has 27 heavy (non-hydrogen) atoms. The maximum atomic E-state index is 13.1. The number of nitrogens with one attached hydrogen (secondary N) is 2. The van der Waals surface area contributed by atoms with Crippen LogP contribution in [0.1, 0.15) is 57.8 Å². The van der Waals surface area contributed by atoms with E-state index in [-0.39, 0.29) is 31.3 Å². The first-order chi connectivity index (χ1) is 12.8. The number of guanidine groups is 1. The zero-order valence-electron chi connectivity index (χ0n) is 16.4. The van der Waals surface area contributed by atoms with Gasteiger partial charge in [-0.1, -0.05) is 25.7 Å². The first-order valence-electron chi connectivity index (χ1n) is 10.1. The van der Waals surface area contributed by atoms with E-state index >= 15 is 0 Å². The lowest BCUT2D eigenvalue weighted by molar-refractivity contribution is -0.183. The number of alkyl halides is 3. The van der Waals surface area contributed by atoms with Crippen LogP contribution in [0.3, 0.4) is 0 Å². The van der Waals surface area contributed by atoms with Crippen molar-refractivity contribution in [3.05, 3.63) is 0 Å². The van der Waals surface area contributed by atoms with Gasteiger partial charge in [-0.05, 0) is 38.0 Å². The Labute approximate surface area is 160 Å². The lowest BCUT2D eigenvalue weighted by Gasteiger charge is -2.32. The SMILES string of the molecule is CN(C)C(=O)CN=C(NCC1CCCCC1)NC1CCCC(C(F)(F)F)C1. The Morgan fingerprint density at radius 1 is 1.07 bits per heavy atom. The number of hydrogen-bond donors (Lipinski definition) is 2. The van der Waals surface area contributed by atoms with Crippen LogP contribution in [0.4, 0.5) is 13.2 Å². The van der Waals surface area contributed by atoms with Crippen molar-refractivity contribution < 1.29 is 18.0 Å². The maximum absolute atomic E-state index is 13.1. The van der Waals surface area contributed by atoms with Crippen LogP contribution in [-0.2, 0) is 4.79 Å². The van der Waals surface area contributed by atoms with E-state index in [1.54, 1.807) is 14.1 Å². The first-order valence-corrected chi connectivity index (χ1v) is 10.1. The maximum Gasteiger partial charge on any atom is 0.391 e. The van der Waals surface area contributed by atoms with Crippen molar-refractivity contribution in [3.63, 3.8) is 0 Å². The number of carbonyl (C=O) groups is 1. The smallest absolute Gasteiger partial charge is 0.356 e. The summed E-state index contributed by atoms with van der Waals surface area (Å²) in [6, 6.07) is -0.266. The van der Waals surface area contributed by atoms with Crippen molar-refractivity contribution in [3.8, 4) is 0 Å². The second kappa shape index (κ2) is 10.2. The molecule has 0 aromatic heterocycles. The average Bonchev–Trinajstić information content (AvgIpc) is 2.64. The molecule has 8 heteroatoms. The lowest BCUT2D eigenvalue weighted by Crippen LogP contribution is -2.48. The predicted molar refractivity (Wildman–Crippen MR) is 101 cm³/mol. The molecule has 2 N–H and O–H groups in total. The van der Waals surface area contributed by atoms with Crippen molar-refractivity contribution >= 4 is 11.9 Å². The Morgan fingerprint density at radius 2 is 1.78 bits per heavy atom. The predicted octanol–water partition coefficient (Wildman–Crippen LogP) is 3.31. The summed E-state index contributed by atoms with van der Waals surface area (Å²) in [5.41, 5.74) is 0. The van der Waals surface area contributed by atoms with Crippen LogP contribution in [0.5, 0.6) is 0 Å². The minimum atomic E-state index is -4.14. The van der Waals surface area contributed by atoms with Crippen LogP contribution in [0.15, 0.2) is 4.99 Å². The van der Waals surface area contributed by atoms with E-state index in [1.165, 1.54) is 24.2 Å². The molecule has 156 valence electrons. The first kappa shape index (κ1) is 21.8. The van der Waals surface area contributed by atoms with Crippen molar-refractivity contribution in [1.82, 2.24) is 15.5 Å². The standard InChI is InChI=1S/C19H33F3N4O/c1-26(2)17(27)13-24-18(23-12-14-7-4-3-5-8-14)25-16-10-6-9-15(11-16)19(20,21)22/h14-16H,3-13H2,1-2H3,(H2,23,24,25). The third kappa shape index (κ3) is 7.58. The molecule has 0 aromatic rings. The zero-order valence-corrected chi connectivity index (χ0v) is 16.4. The van der Waals surface area contributed by atoms with Gasteiger partial charge in [-0.25, -0.2) is 4.99 Å². The van der Waals surface area contributed by atoms with Crippen LogP contribution in [0.25, 0.3) is 0 Å². The summed E-state index contributed by atoms with van der Waals surface area (Å²) >= 11 is 0. The molecule has 0 aliphatic heterocycles.